The van der Waals surface area contributed by atoms with E-state index in [4.69, 9.17) is 0 Å². The van der Waals surface area contributed by atoms with Crippen molar-refractivity contribution in [2.75, 3.05) is 0 Å². The van der Waals surface area contributed by atoms with Gasteiger partial charge in [0, 0.05) is 5.41 Å². The minimum atomic E-state index is -0.406. The summed E-state index contributed by atoms with van der Waals surface area (Å²) in [7, 11) is 0. The molecule has 0 bridgehead atoms. The smallest absolute Gasteiger partial charge is 0.254 e. The highest BCUT2D eigenvalue weighted by Crippen LogP contribution is 2.23. The number of para-hydroxylation sites is 1. The molecule has 2 rings (SSSR count). The summed E-state index contributed by atoms with van der Waals surface area (Å²) in [5.41, 5.74) is 1.12. The summed E-state index contributed by atoms with van der Waals surface area (Å²) in [5.74, 6) is -0.0105. The Kier molecular flexibility index (Phi) is 2.50. The Balaban J connectivity index is 2.52. The molecule has 0 aliphatic carbocycles. The first-order valence-electron chi connectivity index (χ1n) is 5.41. The SMILES string of the molecule is CCC(C)(C)C(=O)n1nnc2ccccc21. The van der Waals surface area contributed by atoms with E-state index in [1.807, 2.05) is 45.0 Å². The lowest BCUT2D eigenvalue weighted by atomic mass is 9.89. The van der Waals surface area contributed by atoms with Crippen LogP contribution in [0.2, 0.25) is 0 Å². The maximum atomic E-state index is 12.2. The van der Waals surface area contributed by atoms with E-state index in [9.17, 15) is 4.79 Å². The second-order valence-electron chi connectivity index (χ2n) is 4.53. The molecule has 1 heterocycles. The van der Waals surface area contributed by atoms with Crippen molar-refractivity contribution in [3.63, 3.8) is 0 Å². The molecular weight excluding hydrogens is 202 g/mol. The van der Waals surface area contributed by atoms with Crippen LogP contribution in [-0.2, 0) is 0 Å². The van der Waals surface area contributed by atoms with E-state index in [-0.39, 0.29) is 5.91 Å². The molecule has 0 N–H and O–H groups in total. The Morgan fingerprint density at radius 1 is 1.38 bits per heavy atom. The molecule has 0 spiro atoms. The van der Waals surface area contributed by atoms with Gasteiger partial charge >= 0.3 is 0 Å². The highest BCUT2D eigenvalue weighted by atomic mass is 16.2. The van der Waals surface area contributed by atoms with E-state index in [1.54, 1.807) is 0 Å². The average molecular weight is 217 g/mol. The van der Waals surface area contributed by atoms with Crippen LogP contribution >= 0.6 is 0 Å². The molecule has 2 aromatic rings. The van der Waals surface area contributed by atoms with Gasteiger partial charge in [-0.15, -0.1) is 5.10 Å². The number of nitrogens with zero attached hydrogens (tertiary/aromatic N) is 3. The molecule has 84 valence electrons. The number of carbonyl (C=O) groups excluding carboxylic acids is 1. The van der Waals surface area contributed by atoms with Crippen molar-refractivity contribution in [3.05, 3.63) is 24.3 Å². The summed E-state index contributed by atoms with van der Waals surface area (Å²) in [4.78, 5) is 12.2. The second kappa shape index (κ2) is 3.70. The van der Waals surface area contributed by atoms with Gasteiger partial charge in [0.25, 0.3) is 5.91 Å². The van der Waals surface area contributed by atoms with E-state index in [0.29, 0.717) is 0 Å². The van der Waals surface area contributed by atoms with Gasteiger partial charge in [0.15, 0.2) is 0 Å². The van der Waals surface area contributed by atoms with Gasteiger partial charge in [-0.05, 0) is 18.6 Å². The van der Waals surface area contributed by atoms with E-state index < -0.39 is 5.41 Å². The van der Waals surface area contributed by atoms with Crippen LogP contribution in [0.15, 0.2) is 24.3 Å². The van der Waals surface area contributed by atoms with Crippen LogP contribution in [0.25, 0.3) is 11.0 Å². The highest BCUT2D eigenvalue weighted by molar-refractivity contribution is 5.91. The molecule has 0 radical (unpaired) electrons. The van der Waals surface area contributed by atoms with Crippen LogP contribution in [0.4, 0.5) is 0 Å². The predicted molar refractivity (Wildman–Crippen MR) is 62.2 cm³/mol. The van der Waals surface area contributed by atoms with Crippen LogP contribution in [0.1, 0.15) is 32.0 Å². The summed E-state index contributed by atoms with van der Waals surface area (Å²) >= 11 is 0. The van der Waals surface area contributed by atoms with E-state index in [2.05, 4.69) is 10.3 Å². The first-order chi connectivity index (χ1) is 7.56. The molecule has 0 unspecified atom stereocenters. The lowest BCUT2D eigenvalue weighted by Gasteiger charge is -2.19. The van der Waals surface area contributed by atoms with Crippen LogP contribution < -0.4 is 0 Å². The largest absolute Gasteiger partial charge is 0.272 e. The van der Waals surface area contributed by atoms with Gasteiger partial charge in [-0.1, -0.05) is 38.1 Å². The quantitative estimate of drug-likeness (QED) is 0.776. The fourth-order valence-electron chi connectivity index (χ4n) is 1.46. The summed E-state index contributed by atoms with van der Waals surface area (Å²) in [5, 5.41) is 7.91. The summed E-state index contributed by atoms with van der Waals surface area (Å²) in [6.45, 7) is 5.84. The molecule has 0 fully saturated rings. The number of hydrogen-bond acceptors (Lipinski definition) is 3. The lowest BCUT2D eigenvalue weighted by Crippen LogP contribution is -2.29. The van der Waals surface area contributed by atoms with Crippen LogP contribution in [-0.4, -0.2) is 20.9 Å². The summed E-state index contributed by atoms with van der Waals surface area (Å²) < 4.78 is 1.40. The van der Waals surface area contributed by atoms with E-state index in [1.165, 1.54) is 4.68 Å². The number of benzene rings is 1. The molecule has 1 aromatic carbocycles. The normalized spacial score (nSPS) is 11.9. The highest BCUT2D eigenvalue weighted by Gasteiger charge is 2.28. The molecule has 0 saturated heterocycles. The molecular formula is C12H15N3O. The average Bonchev–Trinajstić information content (AvgIpc) is 2.71. The molecule has 4 nitrogen and oxygen atoms in total. The predicted octanol–water partition coefficient (Wildman–Crippen LogP) is 2.51. The third-order valence-electron chi connectivity index (χ3n) is 3.01. The molecule has 16 heavy (non-hydrogen) atoms. The summed E-state index contributed by atoms with van der Waals surface area (Å²) in [6.07, 6.45) is 0.778. The molecule has 4 heteroatoms. The van der Waals surface area contributed by atoms with Gasteiger partial charge in [-0.25, -0.2) is 0 Å². The second-order valence-corrected chi connectivity index (χ2v) is 4.53. The topological polar surface area (TPSA) is 47.8 Å². The molecule has 0 aliphatic heterocycles. The van der Waals surface area contributed by atoms with E-state index in [0.717, 1.165) is 17.5 Å². The minimum absolute atomic E-state index is 0.0105. The molecule has 1 aromatic heterocycles. The van der Waals surface area contributed by atoms with Gasteiger partial charge < -0.3 is 0 Å². The third-order valence-corrected chi connectivity index (χ3v) is 3.01. The minimum Gasteiger partial charge on any atom is -0.272 e. The van der Waals surface area contributed by atoms with Crippen molar-refractivity contribution < 1.29 is 4.79 Å². The zero-order valence-electron chi connectivity index (χ0n) is 9.77. The monoisotopic (exact) mass is 217 g/mol. The van der Waals surface area contributed by atoms with Gasteiger partial charge in [-0.2, -0.15) is 4.68 Å². The zero-order chi connectivity index (χ0) is 11.8. The Labute approximate surface area is 94.3 Å². The van der Waals surface area contributed by atoms with Crippen LogP contribution in [0.3, 0.4) is 0 Å². The summed E-state index contributed by atoms with van der Waals surface area (Å²) in [6, 6.07) is 7.48. The van der Waals surface area contributed by atoms with Gasteiger partial charge in [0.2, 0.25) is 0 Å². The third kappa shape index (κ3) is 1.60. The number of aromatic nitrogens is 3. The Bertz CT molecular complexity index is 528. The first-order valence-corrected chi connectivity index (χ1v) is 5.41. The fourth-order valence-corrected chi connectivity index (χ4v) is 1.46. The fraction of sp³-hybridized carbons (Fsp3) is 0.417. The number of rotatable bonds is 2. The van der Waals surface area contributed by atoms with E-state index >= 15 is 0 Å². The van der Waals surface area contributed by atoms with Crippen molar-refractivity contribution in [1.82, 2.24) is 15.0 Å². The maximum absolute atomic E-state index is 12.2. The molecule has 0 aliphatic rings. The van der Waals surface area contributed by atoms with Crippen molar-refractivity contribution in [2.24, 2.45) is 5.41 Å². The lowest BCUT2D eigenvalue weighted by molar-refractivity contribution is 0.0725. The van der Waals surface area contributed by atoms with Crippen LogP contribution in [0, 0.1) is 5.41 Å². The van der Waals surface area contributed by atoms with Crippen molar-refractivity contribution in [1.29, 1.82) is 0 Å². The van der Waals surface area contributed by atoms with Crippen molar-refractivity contribution in [2.45, 2.75) is 27.2 Å². The number of hydrogen-bond donors (Lipinski definition) is 0. The number of fused-ring (bicyclic) bond motifs is 1. The van der Waals surface area contributed by atoms with Gasteiger partial charge in [0.1, 0.15) is 5.52 Å². The Morgan fingerprint density at radius 2 is 2.06 bits per heavy atom. The van der Waals surface area contributed by atoms with Crippen molar-refractivity contribution >= 4 is 16.9 Å². The zero-order valence-corrected chi connectivity index (χ0v) is 9.77. The van der Waals surface area contributed by atoms with Crippen molar-refractivity contribution in [3.8, 4) is 0 Å². The Hall–Kier alpha value is -1.71. The van der Waals surface area contributed by atoms with Gasteiger partial charge in [-0.3, -0.25) is 4.79 Å². The molecule has 0 saturated carbocycles. The first kappa shape index (κ1) is 10.8. The molecule has 0 amide bonds. The molecule has 0 atom stereocenters. The number of carbonyl (C=O) groups is 1. The van der Waals surface area contributed by atoms with Crippen LogP contribution in [0.5, 0.6) is 0 Å². The maximum Gasteiger partial charge on any atom is 0.254 e. The van der Waals surface area contributed by atoms with Gasteiger partial charge in [0.05, 0.1) is 5.52 Å². The Morgan fingerprint density at radius 3 is 2.75 bits per heavy atom. The standard InChI is InChI=1S/C12H15N3O/c1-4-12(2,3)11(16)15-10-8-6-5-7-9(10)13-14-15/h5-8H,4H2,1-3H3.